The van der Waals surface area contributed by atoms with E-state index in [2.05, 4.69) is 15.2 Å². The summed E-state index contributed by atoms with van der Waals surface area (Å²) in [7, 11) is 0. The lowest BCUT2D eigenvalue weighted by Gasteiger charge is -1.93. The maximum atomic E-state index is 4.13. The first-order valence-corrected chi connectivity index (χ1v) is 4.74. The normalized spacial score (nSPS) is 10.7. The molecule has 3 nitrogen and oxygen atoms in total. The van der Waals surface area contributed by atoms with E-state index in [1.54, 1.807) is 6.20 Å². The molecular formula is C12H11N3. The van der Waals surface area contributed by atoms with Crippen molar-refractivity contribution in [3.8, 4) is 0 Å². The Morgan fingerprint density at radius 2 is 1.73 bits per heavy atom. The Morgan fingerprint density at radius 1 is 0.933 bits per heavy atom. The number of hydrogen-bond donors (Lipinski definition) is 0. The molecule has 0 aliphatic heterocycles. The zero-order chi connectivity index (χ0) is 10.5. The maximum Gasteiger partial charge on any atom is 0.174 e. The van der Waals surface area contributed by atoms with E-state index in [0.29, 0.717) is 5.82 Å². The Labute approximate surface area is 88.5 Å². The van der Waals surface area contributed by atoms with Gasteiger partial charge in [-0.15, -0.1) is 10.2 Å². The Morgan fingerprint density at radius 3 is 2.40 bits per heavy atom. The first-order valence-electron chi connectivity index (χ1n) is 4.74. The predicted octanol–water partition coefficient (Wildman–Crippen LogP) is 3.81. The Kier molecular flexibility index (Phi) is 2.83. The molecule has 0 fully saturated rings. The van der Waals surface area contributed by atoms with E-state index in [0.717, 1.165) is 11.3 Å². The lowest BCUT2D eigenvalue weighted by molar-refractivity contribution is 1.14. The van der Waals surface area contributed by atoms with Crippen molar-refractivity contribution in [3.05, 3.63) is 54.2 Å². The van der Waals surface area contributed by atoms with Crippen molar-refractivity contribution in [1.29, 1.82) is 0 Å². The van der Waals surface area contributed by atoms with E-state index in [4.69, 9.17) is 0 Å². The number of pyridine rings is 1. The van der Waals surface area contributed by atoms with Crippen molar-refractivity contribution in [3.63, 3.8) is 0 Å². The molecule has 0 radical (unpaired) electrons. The van der Waals surface area contributed by atoms with Crippen LogP contribution in [0.3, 0.4) is 0 Å². The number of hydrogen-bond acceptors (Lipinski definition) is 3. The number of aryl methyl sites for hydroxylation is 1. The summed E-state index contributed by atoms with van der Waals surface area (Å²) in [5.74, 6) is 0.629. The first kappa shape index (κ1) is 9.52. The third-order valence-electron chi connectivity index (χ3n) is 1.92. The molecule has 1 aromatic carbocycles. The van der Waals surface area contributed by atoms with E-state index in [1.807, 2.05) is 49.4 Å². The van der Waals surface area contributed by atoms with Gasteiger partial charge in [-0.3, -0.25) is 0 Å². The van der Waals surface area contributed by atoms with Crippen molar-refractivity contribution in [2.24, 2.45) is 10.2 Å². The molecule has 74 valence electrons. The second kappa shape index (κ2) is 4.46. The van der Waals surface area contributed by atoms with Gasteiger partial charge in [-0.1, -0.05) is 24.3 Å². The maximum absolute atomic E-state index is 4.13. The van der Waals surface area contributed by atoms with Gasteiger partial charge in [0.25, 0.3) is 0 Å². The third-order valence-corrected chi connectivity index (χ3v) is 1.92. The summed E-state index contributed by atoms with van der Waals surface area (Å²) in [5.41, 5.74) is 1.95. The van der Waals surface area contributed by atoms with E-state index < -0.39 is 0 Å². The summed E-state index contributed by atoms with van der Waals surface area (Å²) in [6.45, 7) is 1.99. The van der Waals surface area contributed by atoms with Crippen LogP contribution in [0.2, 0.25) is 0 Å². The lowest BCUT2D eigenvalue weighted by Crippen LogP contribution is -1.74. The number of aromatic nitrogens is 1. The minimum absolute atomic E-state index is 0.629. The second-order valence-corrected chi connectivity index (χ2v) is 3.23. The van der Waals surface area contributed by atoms with Gasteiger partial charge >= 0.3 is 0 Å². The van der Waals surface area contributed by atoms with E-state index in [9.17, 15) is 0 Å². The molecule has 2 aromatic rings. The zero-order valence-corrected chi connectivity index (χ0v) is 8.46. The largest absolute Gasteiger partial charge is 0.235 e. The van der Waals surface area contributed by atoms with Crippen LogP contribution in [-0.2, 0) is 0 Å². The van der Waals surface area contributed by atoms with Crippen LogP contribution in [0.5, 0.6) is 0 Å². The molecule has 0 bridgehead atoms. The second-order valence-electron chi connectivity index (χ2n) is 3.23. The Balaban J connectivity index is 2.15. The van der Waals surface area contributed by atoms with Crippen LogP contribution in [-0.4, -0.2) is 4.98 Å². The molecule has 0 atom stereocenters. The lowest BCUT2D eigenvalue weighted by atomic mass is 10.3. The topological polar surface area (TPSA) is 37.6 Å². The van der Waals surface area contributed by atoms with Crippen molar-refractivity contribution < 1.29 is 0 Å². The summed E-state index contributed by atoms with van der Waals surface area (Å²) in [6.07, 6.45) is 1.78. The van der Waals surface area contributed by atoms with E-state index >= 15 is 0 Å². The minimum Gasteiger partial charge on any atom is -0.235 e. The summed E-state index contributed by atoms with van der Waals surface area (Å²) in [6, 6.07) is 13.4. The van der Waals surface area contributed by atoms with Gasteiger partial charge in [0.15, 0.2) is 5.82 Å². The highest BCUT2D eigenvalue weighted by Crippen LogP contribution is 2.15. The molecule has 1 heterocycles. The molecule has 0 aliphatic rings. The van der Waals surface area contributed by atoms with Gasteiger partial charge in [0.05, 0.1) is 5.69 Å². The number of rotatable bonds is 2. The molecule has 2 rings (SSSR count). The smallest absolute Gasteiger partial charge is 0.174 e. The summed E-state index contributed by atoms with van der Waals surface area (Å²) < 4.78 is 0. The molecule has 0 saturated carbocycles. The van der Waals surface area contributed by atoms with Crippen molar-refractivity contribution >= 4 is 11.5 Å². The summed E-state index contributed by atoms with van der Waals surface area (Å²) >= 11 is 0. The van der Waals surface area contributed by atoms with Crippen LogP contribution in [0, 0.1) is 6.92 Å². The van der Waals surface area contributed by atoms with Crippen LogP contribution in [0.25, 0.3) is 0 Å². The highest BCUT2D eigenvalue weighted by molar-refractivity contribution is 5.36. The highest BCUT2D eigenvalue weighted by Gasteiger charge is 1.90. The molecular weight excluding hydrogens is 186 g/mol. The monoisotopic (exact) mass is 197 g/mol. The molecule has 0 N–H and O–H groups in total. The predicted molar refractivity (Wildman–Crippen MR) is 59.6 cm³/mol. The molecule has 3 heteroatoms. The van der Waals surface area contributed by atoms with Gasteiger partial charge < -0.3 is 0 Å². The van der Waals surface area contributed by atoms with Crippen molar-refractivity contribution in [2.45, 2.75) is 6.92 Å². The van der Waals surface area contributed by atoms with Crippen LogP contribution in [0.1, 0.15) is 5.56 Å². The summed E-state index contributed by atoms with van der Waals surface area (Å²) in [5, 5.41) is 8.10. The number of azo groups is 1. The quantitative estimate of drug-likeness (QED) is 0.674. The Bertz CT molecular complexity index is 446. The van der Waals surface area contributed by atoms with Gasteiger partial charge in [-0.05, 0) is 30.7 Å². The molecule has 1 aromatic heterocycles. The van der Waals surface area contributed by atoms with E-state index in [1.165, 1.54) is 0 Å². The molecule has 0 amide bonds. The van der Waals surface area contributed by atoms with Gasteiger partial charge in [0, 0.05) is 6.20 Å². The average molecular weight is 197 g/mol. The van der Waals surface area contributed by atoms with Crippen LogP contribution >= 0.6 is 0 Å². The van der Waals surface area contributed by atoms with E-state index in [-0.39, 0.29) is 0 Å². The summed E-state index contributed by atoms with van der Waals surface area (Å²) in [4.78, 5) is 4.13. The van der Waals surface area contributed by atoms with Crippen molar-refractivity contribution in [1.82, 2.24) is 4.98 Å². The standard InChI is InChI=1S/C12H11N3/c1-10-7-8-12(13-9-10)15-14-11-5-3-2-4-6-11/h2-9H,1H3. The van der Waals surface area contributed by atoms with Gasteiger partial charge in [-0.25, -0.2) is 4.98 Å². The molecule has 15 heavy (non-hydrogen) atoms. The average Bonchev–Trinajstić information content (AvgIpc) is 2.30. The Hall–Kier alpha value is -2.03. The zero-order valence-electron chi connectivity index (χ0n) is 8.46. The molecule has 0 unspecified atom stereocenters. The molecule has 0 saturated heterocycles. The van der Waals surface area contributed by atoms with Gasteiger partial charge in [0.1, 0.15) is 0 Å². The van der Waals surface area contributed by atoms with Gasteiger partial charge in [-0.2, -0.15) is 0 Å². The SMILES string of the molecule is Cc1ccc(N=Nc2ccccc2)nc1. The van der Waals surface area contributed by atoms with Crippen LogP contribution in [0.15, 0.2) is 58.9 Å². The molecule has 0 aliphatic carbocycles. The van der Waals surface area contributed by atoms with Crippen LogP contribution in [0.4, 0.5) is 11.5 Å². The van der Waals surface area contributed by atoms with Crippen molar-refractivity contribution in [2.75, 3.05) is 0 Å². The van der Waals surface area contributed by atoms with Gasteiger partial charge in [0.2, 0.25) is 0 Å². The fourth-order valence-electron chi connectivity index (χ4n) is 1.12. The highest BCUT2D eigenvalue weighted by atomic mass is 15.1. The fraction of sp³-hybridized carbons (Fsp3) is 0.0833. The minimum atomic E-state index is 0.629. The first-order chi connectivity index (χ1) is 7.34. The fourth-order valence-corrected chi connectivity index (χ4v) is 1.12. The number of benzene rings is 1. The third kappa shape index (κ3) is 2.71. The molecule has 0 spiro atoms. The van der Waals surface area contributed by atoms with Crippen LogP contribution < -0.4 is 0 Å². The number of nitrogens with zero attached hydrogens (tertiary/aromatic N) is 3.